The van der Waals surface area contributed by atoms with Crippen LogP contribution in [0.25, 0.3) is 0 Å². The number of hydrogen-bond acceptors (Lipinski definition) is 7. The summed E-state index contributed by atoms with van der Waals surface area (Å²) in [5, 5.41) is -0.636. The minimum atomic E-state index is -3.34. The van der Waals surface area contributed by atoms with E-state index in [2.05, 4.69) is 0 Å². The number of nitrogen functional groups attached to an aromatic ring is 1. The molecule has 2 rings (SSSR count). The quantitative estimate of drug-likeness (QED) is 0.797. The first-order valence-corrected chi connectivity index (χ1v) is 11.2. The monoisotopic (exact) mass is 350 g/mol. The molecule has 0 saturated carbocycles. The van der Waals surface area contributed by atoms with Gasteiger partial charge < -0.3 is 10.6 Å². The van der Waals surface area contributed by atoms with Crippen molar-refractivity contribution < 1.29 is 16.8 Å². The van der Waals surface area contributed by atoms with Crippen LogP contribution in [0, 0.1) is 0 Å². The molecule has 0 amide bonds. The van der Waals surface area contributed by atoms with E-state index in [1.807, 2.05) is 0 Å². The molecule has 1 heterocycles. The van der Waals surface area contributed by atoms with Gasteiger partial charge in [0.1, 0.15) is 5.37 Å². The van der Waals surface area contributed by atoms with Gasteiger partial charge in [0.2, 0.25) is 0 Å². The van der Waals surface area contributed by atoms with Crippen LogP contribution < -0.4 is 10.6 Å². The molecule has 9 heteroatoms. The lowest BCUT2D eigenvalue weighted by Crippen LogP contribution is -2.47. The number of nitrogens with zero attached hydrogens (tertiary/aromatic N) is 1. The van der Waals surface area contributed by atoms with E-state index >= 15 is 0 Å². The number of thioether (sulfide) groups is 1. The molecule has 0 aliphatic carbocycles. The zero-order valence-corrected chi connectivity index (χ0v) is 14.3. The van der Waals surface area contributed by atoms with Crippen LogP contribution in [0.15, 0.2) is 23.1 Å². The molecule has 0 radical (unpaired) electrons. The minimum absolute atomic E-state index is 0.131. The normalized spacial score (nSPS) is 20.5. The molecule has 1 aliphatic heterocycles. The Kier molecular flexibility index (Phi) is 4.46. The molecule has 2 N–H and O–H groups in total. The summed E-state index contributed by atoms with van der Waals surface area (Å²) in [6, 6.07) is 4.42. The highest BCUT2D eigenvalue weighted by Crippen LogP contribution is 2.32. The molecule has 0 aromatic heterocycles. The maximum absolute atomic E-state index is 11.9. The van der Waals surface area contributed by atoms with Crippen LogP contribution in [-0.4, -0.2) is 52.8 Å². The Balaban J connectivity index is 2.45. The van der Waals surface area contributed by atoms with Crippen molar-refractivity contribution in [2.24, 2.45) is 0 Å². The molecule has 1 fully saturated rings. The fourth-order valence-electron chi connectivity index (χ4n) is 2.24. The van der Waals surface area contributed by atoms with Gasteiger partial charge in [-0.2, -0.15) is 11.8 Å². The van der Waals surface area contributed by atoms with Crippen molar-refractivity contribution in [3.8, 4) is 0 Å². The Morgan fingerprint density at radius 3 is 2.43 bits per heavy atom. The van der Waals surface area contributed by atoms with E-state index in [0.29, 0.717) is 18.0 Å². The third-order valence-electron chi connectivity index (χ3n) is 3.32. The van der Waals surface area contributed by atoms with Gasteiger partial charge in [0, 0.05) is 30.6 Å². The second-order valence-electron chi connectivity index (χ2n) is 5.05. The SMILES string of the molecule is CS(=O)(=O)c1ccc(N2CCSCC2S(C)(=O)=O)c(N)c1. The Labute approximate surface area is 129 Å². The minimum Gasteiger partial charge on any atom is -0.397 e. The van der Waals surface area contributed by atoms with Gasteiger partial charge in [0.05, 0.1) is 16.3 Å². The first-order chi connectivity index (χ1) is 9.60. The van der Waals surface area contributed by atoms with Gasteiger partial charge in [-0.1, -0.05) is 0 Å². The molecular formula is C12H18N2O4S3. The Morgan fingerprint density at radius 1 is 1.24 bits per heavy atom. The number of hydrogen-bond donors (Lipinski definition) is 1. The van der Waals surface area contributed by atoms with E-state index in [1.165, 1.54) is 18.4 Å². The molecule has 0 bridgehead atoms. The van der Waals surface area contributed by atoms with Crippen LogP contribution in [0.2, 0.25) is 0 Å². The lowest BCUT2D eigenvalue weighted by atomic mass is 10.2. The summed E-state index contributed by atoms with van der Waals surface area (Å²) in [6.07, 6.45) is 2.32. The third kappa shape index (κ3) is 3.64. The lowest BCUT2D eigenvalue weighted by molar-refractivity contribution is 0.584. The largest absolute Gasteiger partial charge is 0.397 e. The van der Waals surface area contributed by atoms with Crippen LogP contribution in [0.3, 0.4) is 0 Å². The lowest BCUT2D eigenvalue weighted by Gasteiger charge is -2.36. The maximum atomic E-state index is 11.9. The van der Waals surface area contributed by atoms with Crippen molar-refractivity contribution in [1.29, 1.82) is 0 Å². The summed E-state index contributed by atoms with van der Waals surface area (Å²) >= 11 is 1.58. The Morgan fingerprint density at radius 2 is 1.90 bits per heavy atom. The smallest absolute Gasteiger partial charge is 0.175 e. The second kappa shape index (κ2) is 5.69. The molecule has 1 aromatic rings. The number of anilines is 2. The fraction of sp³-hybridized carbons (Fsp3) is 0.500. The zero-order valence-electron chi connectivity index (χ0n) is 11.8. The molecule has 1 aliphatic rings. The highest BCUT2D eigenvalue weighted by molar-refractivity contribution is 8.01. The second-order valence-corrected chi connectivity index (χ2v) is 10.4. The summed E-state index contributed by atoms with van der Waals surface area (Å²) in [7, 11) is -6.58. The van der Waals surface area contributed by atoms with Gasteiger partial charge >= 0.3 is 0 Å². The summed E-state index contributed by atoms with van der Waals surface area (Å²) in [5.74, 6) is 1.28. The first-order valence-electron chi connectivity index (χ1n) is 6.23. The molecule has 6 nitrogen and oxygen atoms in total. The first kappa shape index (κ1) is 16.4. The third-order valence-corrected chi connectivity index (χ3v) is 7.07. The number of benzene rings is 1. The molecular weight excluding hydrogens is 332 g/mol. The number of rotatable bonds is 3. The average Bonchev–Trinajstić information content (AvgIpc) is 2.36. The summed E-state index contributed by atoms with van der Waals surface area (Å²) in [4.78, 5) is 1.87. The van der Waals surface area contributed by atoms with E-state index < -0.39 is 25.0 Å². The molecule has 1 saturated heterocycles. The highest BCUT2D eigenvalue weighted by Gasteiger charge is 2.32. The van der Waals surface area contributed by atoms with Crippen LogP contribution in [0.1, 0.15) is 0 Å². The van der Waals surface area contributed by atoms with Crippen LogP contribution in [0.4, 0.5) is 11.4 Å². The predicted octanol–water partition coefficient (Wildman–Crippen LogP) is 0.596. The van der Waals surface area contributed by atoms with E-state index in [0.717, 1.165) is 12.0 Å². The molecule has 1 atom stereocenters. The van der Waals surface area contributed by atoms with Crippen molar-refractivity contribution in [2.45, 2.75) is 10.3 Å². The van der Waals surface area contributed by atoms with Crippen LogP contribution in [-0.2, 0) is 19.7 Å². The molecule has 0 spiro atoms. The van der Waals surface area contributed by atoms with E-state index in [4.69, 9.17) is 5.73 Å². The number of nitrogens with two attached hydrogens (primary N) is 1. The van der Waals surface area contributed by atoms with Gasteiger partial charge in [-0.3, -0.25) is 0 Å². The zero-order chi connectivity index (χ0) is 15.8. The van der Waals surface area contributed by atoms with Gasteiger partial charge in [-0.25, -0.2) is 16.8 Å². The maximum Gasteiger partial charge on any atom is 0.175 e. The molecule has 1 unspecified atom stereocenters. The van der Waals surface area contributed by atoms with Crippen molar-refractivity contribution in [3.63, 3.8) is 0 Å². The molecule has 1 aromatic carbocycles. The Bertz CT molecular complexity index is 744. The van der Waals surface area contributed by atoms with Crippen molar-refractivity contribution in [1.82, 2.24) is 0 Å². The van der Waals surface area contributed by atoms with Crippen LogP contribution >= 0.6 is 11.8 Å². The molecule has 21 heavy (non-hydrogen) atoms. The molecule has 118 valence electrons. The summed E-state index contributed by atoms with van der Waals surface area (Å²) in [5.41, 5.74) is 6.79. The van der Waals surface area contributed by atoms with E-state index in [-0.39, 0.29) is 10.6 Å². The topological polar surface area (TPSA) is 97.5 Å². The van der Waals surface area contributed by atoms with Gasteiger partial charge in [-0.15, -0.1) is 0 Å². The van der Waals surface area contributed by atoms with Gasteiger partial charge in [0.25, 0.3) is 0 Å². The van der Waals surface area contributed by atoms with E-state index in [1.54, 1.807) is 22.7 Å². The number of sulfone groups is 2. The van der Waals surface area contributed by atoms with Crippen molar-refractivity contribution in [3.05, 3.63) is 18.2 Å². The average molecular weight is 350 g/mol. The van der Waals surface area contributed by atoms with Crippen molar-refractivity contribution >= 4 is 42.8 Å². The summed E-state index contributed by atoms with van der Waals surface area (Å²) < 4.78 is 46.9. The Hall–Kier alpha value is -0.930. The van der Waals surface area contributed by atoms with E-state index in [9.17, 15) is 16.8 Å². The van der Waals surface area contributed by atoms with Crippen LogP contribution in [0.5, 0.6) is 0 Å². The van der Waals surface area contributed by atoms with Crippen molar-refractivity contribution in [2.75, 3.05) is 41.2 Å². The summed E-state index contributed by atoms with van der Waals surface area (Å²) in [6.45, 7) is 0.560. The highest BCUT2D eigenvalue weighted by atomic mass is 32.2. The van der Waals surface area contributed by atoms with Gasteiger partial charge in [0.15, 0.2) is 19.7 Å². The standard InChI is InChI=1S/C12H18N2O4S3/c1-20(15,16)9-3-4-11(10(13)7-9)14-5-6-19-8-12(14)21(2,17)18/h3-4,7,12H,5-6,8,13H2,1-2H3. The fourth-order valence-corrected chi connectivity index (χ4v) is 5.73. The predicted molar refractivity (Wildman–Crippen MR) is 87.3 cm³/mol. The van der Waals surface area contributed by atoms with Gasteiger partial charge in [-0.05, 0) is 18.2 Å².